The van der Waals surface area contributed by atoms with Crippen molar-refractivity contribution in [2.75, 3.05) is 5.43 Å². The maximum atomic E-state index is 11.8. The molecule has 1 amide bonds. The average Bonchev–Trinajstić information content (AvgIpc) is 2.88. The molecule has 0 atom stereocenters. The summed E-state index contributed by atoms with van der Waals surface area (Å²) in [5.74, 6) is 0.215. The van der Waals surface area contributed by atoms with Crippen LogP contribution in [0.5, 0.6) is 0 Å². The zero-order chi connectivity index (χ0) is 13.1. The molecule has 0 fully saturated rings. The van der Waals surface area contributed by atoms with E-state index in [0.717, 1.165) is 11.0 Å². The van der Waals surface area contributed by atoms with Crippen LogP contribution >= 0.6 is 0 Å². The molecule has 3 N–H and O–H groups in total. The number of pyridine rings is 1. The van der Waals surface area contributed by atoms with E-state index < -0.39 is 0 Å². The predicted octanol–water partition coefficient (Wildman–Crippen LogP) is 1.71. The molecule has 0 spiro atoms. The van der Waals surface area contributed by atoms with Gasteiger partial charge in [0, 0.05) is 12.4 Å². The van der Waals surface area contributed by atoms with Crippen molar-refractivity contribution in [1.82, 2.24) is 20.4 Å². The van der Waals surface area contributed by atoms with E-state index in [0.29, 0.717) is 11.5 Å². The number of amides is 1. The van der Waals surface area contributed by atoms with Crippen molar-refractivity contribution in [3.63, 3.8) is 0 Å². The number of hydrazine groups is 1. The number of hydrogen-bond donors (Lipinski definition) is 3. The number of aromatic nitrogens is 3. The fraction of sp³-hybridized carbons (Fsp3) is 0. The summed E-state index contributed by atoms with van der Waals surface area (Å²) in [4.78, 5) is 23.0. The van der Waals surface area contributed by atoms with Gasteiger partial charge in [0.25, 0.3) is 5.91 Å². The fourth-order valence-corrected chi connectivity index (χ4v) is 1.70. The van der Waals surface area contributed by atoms with Gasteiger partial charge in [0.15, 0.2) is 0 Å². The molecule has 19 heavy (non-hydrogen) atoms. The van der Waals surface area contributed by atoms with Gasteiger partial charge >= 0.3 is 0 Å². The van der Waals surface area contributed by atoms with Gasteiger partial charge in [-0.1, -0.05) is 12.1 Å². The second-order valence-electron chi connectivity index (χ2n) is 3.92. The Kier molecular flexibility index (Phi) is 2.82. The molecule has 0 saturated heterocycles. The third-order valence-electron chi connectivity index (χ3n) is 2.61. The number of anilines is 1. The molecule has 0 bridgehead atoms. The lowest BCUT2D eigenvalue weighted by molar-refractivity contribution is 0.0962. The summed E-state index contributed by atoms with van der Waals surface area (Å²) in [6.07, 6.45) is 3.11. The first kappa shape index (κ1) is 11.2. The van der Waals surface area contributed by atoms with Crippen LogP contribution in [0.2, 0.25) is 0 Å². The molecule has 0 aliphatic rings. The second-order valence-corrected chi connectivity index (χ2v) is 3.92. The zero-order valence-electron chi connectivity index (χ0n) is 9.92. The number of aromatic amines is 1. The first-order chi connectivity index (χ1) is 9.33. The molecule has 2 aromatic heterocycles. The van der Waals surface area contributed by atoms with Crippen LogP contribution in [-0.4, -0.2) is 20.9 Å². The van der Waals surface area contributed by atoms with Crippen LogP contribution < -0.4 is 10.9 Å². The maximum absolute atomic E-state index is 11.8. The molecule has 3 rings (SSSR count). The number of fused-ring (bicyclic) bond motifs is 1. The third kappa shape index (κ3) is 2.37. The van der Waals surface area contributed by atoms with Crippen LogP contribution in [0.25, 0.3) is 11.0 Å². The van der Waals surface area contributed by atoms with Crippen molar-refractivity contribution < 1.29 is 4.79 Å². The minimum atomic E-state index is -0.270. The smallest absolute Gasteiger partial charge is 0.271 e. The molecule has 0 aliphatic heterocycles. The van der Waals surface area contributed by atoms with Gasteiger partial charge in [-0.25, -0.2) is 4.98 Å². The van der Waals surface area contributed by atoms with E-state index in [1.54, 1.807) is 18.3 Å². The van der Waals surface area contributed by atoms with E-state index in [1.165, 1.54) is 6.20 Å². The van der Waals surface area contributed by atoms with Gasteiger partial charge in [-0.15, -0.1) is 0 Å². The van der Waals surface area contributed by atoms with Crippen LogP contribution in [0.3, 0.4) is 0 Å². The molecule has 6 nitrogen and oxygen atoms in total. The molecule has 0 aliphatic carbocycles. The van der Waals surface area contributed by atoms with Gasteiger partial charge in [0.1, 0.15) is 0 Å². The summed E-state index contributed by atoms with van der Waals surface area (Å²) in [6.45, 7) is 0. The molecule has 3 aromatic rings. The molecule has 0 unspecified atom stereocenters. The highest BCUT2D eigenvalue weighted by atomic mass is 16.2. The number of carbonyl (C=O) groups excluding carboxylic acids is 1. The fourth-order valence-electron chi connectivity index (χ4n) is 1.70. The van der Waals surface area contributed by atoms with E-state index in [4.69, 9.17) is 0 Å². The molecular formula is C13H11N5O. The monoisotopic (exact) mass is 253 g/mol. The van der Waals surface area contributed by atoms with Gasteiger partial charge in [-0.3, -0.25) is 20.6 Å². The molecule has 2 heterocycles. The van der Waals surface area contributed by atoms with E-state index in [1.807, 2.05) is 24.3 Å². The van der Waals surface area contributed by atoms with Crippen molar-refractivity contribution >= 4 is 22.9 Å². The minimum Gasteiger partial charge on any atom is -0.323 e. The average molecular weight is 253 g/mol. The Bertz CT molecular complexity index is 674. The number of nitrogens with zero attached hydrogens (tertiary/aromatic N) is 2. The van der Waals surface area contributed by atoms with E-state index in [2.05, 4.69) is 25.8 Å². The minimum absolute atomic E-state index is 0.270. The number of rotatable bonds is 3. The number of para-hydroxylation sites is 2. The van der Waals surface area contributed by atoms with Gasteiger partial charge in [0.2, 0.25) is 5.95 Å². The number of H-pyrrole nitrogens is 1. The van der Waals surface area contributed by atoms with Crippen molar-refractivity contribution in [1.29, 1.82) is 0 Å². The third-order valence-corrected chi connectivity index (χ3v) is 2.61. The number of hydrogen-bond acceptors (Lipinski definition) is 4. The van der Waals surface area contributed by atoms with Crippen molar-refractivity contribution in [2.45, 2.75) is 0 Å². The highest BCUT2D eigenvalue weighted by molar-refractivity contribution is 5.94. The van der Waals surface area contributed by atoms with Crippen molar-refractivity contribution in [2.24, 2.45) is 0 Å². The van der Waals surface area contributed by atoms with Crippen LogP contribution in [0.15, 0.2) is 48.8 Å². The lowest BCUT2D eigenvalue weighted by atomic mass is 10.3. The molecule has 0 saturated carbocycles. The number of carbonyl (C=O) groups is 1. The molecule has 0 radical (unpaired) electrons. The normalized spacial score (nSPS) is 10.3. The first-order valence-electron chi connectivity index (χ1n) is 5.74. The molecule has 1 aromatic carbocycles. The summed E-state index contributed by atoms with van der Waals surface area (Å²) in [5.41, 5.74) is 7.51. The van der Waals surface area contributed by atoms with E-state index in [-0.39, 0.29) is 5.91 Å². The Morgan fingerprint density at radius 3 is 2.84 bits per heavy atom. The summed E-state index contributed by atoms with van der Waals surface area (Å²) >= 11 is 0. The Balaban J connectivity index is 1.71. The van der Waals surface area contributed by atoms with Gasteiger partial charge in [-0.05, 0) is 24.3 Å². The Morgan fingerprint density at radius 1 is 1.16 bits per heavy atom. The number of benzene rings is 1. The summed E-state index contributed by atoms with van der Waals surface area (Å²) < 4.78 is 0. The lowest BCUT2D eigenvalue weighted by Gasteiger charge is -2.04. The van der Waals surface area contributed by atoms with Crippen LogP contribution in [-0.2, 0) is 0 Å². The predicted molar refractivity (Wildman–Crippen MR) is 71.4 cm³/mol. The molecule has 6 heteroatoms. The first-order valence-corrected chi connectivity index (χ1v) is 5.74. The van der Waals surface area contributed by atoms with E-state index in [9.17, 15) is 4.79 Å². The largest absolute Gasteiger partial charge is 0.323 e. The zero-order valence-corrected chi connectivity index (χ0v) is 9.92. The van der Waals surface area contributed by atoms with Crippen molar-refractivity contribution in [3.05, 3.63) is 54.4 Å². The van der Waals surface area contributed by atoms with Crippen LogP contribution in [0, 0.1) is 0 Å². The standard InChI is InChI=1S/C13H11N5O/c19-12(9-4-3-7-14-8-9)17-18-13-15-10-5-1-2-6-11(10)16-13/h1-8H,(H,17,19)(H2,15,16,18). The highest BCUT2D eigenvalue weighted by Gasteiger charge is 2.06. The molecular weight excluding hydrogens is 242 g/mol. The van der Waals surface area contributed by atoms with Gasteiger partial charge in [0.05, 0.1) is 16.6 Å². The Labute approximate surface area is 108 Å². The molecule has 94 valence electrons. The Morgan fingerprint density at radius 2 is 2.05 bits per heavy atom. The number of imidazole rings is 1. The van der Waals surface area contributed by atoms with Gasteiger partial charge < -0.3 is 4.98 Å². The number of nitrogens with one attached hydrogen (secondary N) is 3. The summed E-state index contributed by atoms with van der Waals surface area (Å²) in [7, 11) is 0. The van der Waals surface area contributed by atoms with Gasteiger partial charge in [-0.2, -0.15) is 0 Å². The quantitative estimate of drug-likeness (QED) is 0.620. The van der Waals surface area contributed by atoms with Crippen molar-refractivity contribution in [3.8, 4) is 0 Å². The summed E-state index contributed by atoms with van der Waals surface area (Å²) in [6, 6.07) is 11.0. The Hall–Kier alpha value is -2.89. The SMILES string of the molecule is O=C(NNc1nc2ccccc2[nH]1)c1cccnc1. The van der Waals surface area contributed by atoms with Crippen LogP contribution in [0.4, 0.5) is 5.95 Å². The maximum Gasteiger partial charge on any atom is 0.271 e. The van der Waals surface area contributed by atoms with Crippen LogP contribution in [0.1, 0.15) is 10.4 Å². The second kappa shape index (κ2) is 4.77. The highest BCUT2D eigenvalue weighted by Crippen LogP contribution is 2.12. The topological polar surface area (TPSA) is 82.7 Å². The summed E-state index contributed by atoms with van der Waals surface area (Å²) in [5, 5.41) is 0. The van der Waals surface area contributed by atoms with E-state index >= 15 is 0 Å². The lowest BCUT2D eigenvalue weighted by Crippen LogP contribution is -2.29.